The summed E-state index contributed by atoms with van der Waals surface area (Å²) in [6, 6.07) is 0. The molecule has 1 N–H and O–H groups in total. The highest BCUT2D eigenvalue weighted by Gasteiger charge is 2.12. The Kier molecular flexibility index (Phi) is 4.30. The van der Waals surface area contributed by atoms with Crippen molar-refractivity contribution >= 4 is 11.6 Å². The van der Waals surface area contributed by atoms with Gasteiger partial charge in [-0.05, 0) is 26.7 Å². The van der Waals surface area contributed by atoms with Crippen molar-refractivity contribution in [3.63, 3.8) is 0 Å². The van der Waals surface area contributed by atoms with Gasteiger partial charge in [-0.1, -0.05) is 0 Å². The molecule has 1 nitrogen and oxygen atoms in total. The lowest BCUT2D eigenvalue weighted by Gasteiger charge is -2.15. The second-order valence-electron chi connectivity index (χ2n) is 3.78. The number of nitrogens with one attached hydrogen (secondary N) is 1. The first-order valence-electron chi connectivity index (χ1n) is 3.90. The van der Waals surface area contributed by atoms with Gasteiger partial charge in [0, 0.05) is 4.87 Å². The Morgan fingerprint density at radius 2 is 1.80 bits per heavy atom. The van der Waals surface area contributed by atoms with Crippen LogP contribution in [0.1, 0.15) is 26.7 Å². The van der Waals surface area contributed by atoms with Crippen LogP contribution in [-0.4, -0.2) is 25.5 Å². The van der Waals surface area contributed by atoms with E-state index >= 15 is 0 Å². The largest absolute Gasteiger partial charge is 0.340 e. The van der Waals surface area contributed by atoms with Gasteiger partial charge in [-0.15, -0.1) is 11.6 Å². The lowest BCUT2D eigenvalue weighted by atomic mass is 10.1. The number of halogens is 1. The van der Waals surface area contributed by atoms with Crippen LogP contribution in [0.25, 0.3) is 0 Å². The predicted molar refractivity (Wildman–Crippen MR) is 46.8 cm³/mol. The molecule has 0 saturated heterocycles. The quantitative estimate of drug-likeness (QED) is 0.590. The van der Waals surface area contributed by atoms with E-state index in [4.69, 9.17) is 11.6 Å². The highest BCUT2D eigenvalue weighted by atomic mass is 35.5. The number of hydrogen-bond donors (Lipinski definition) is 1. The molecule has 0 aliphatic heterocycles. The van der Waals surface area contributed by atoms with Gasteiger partial charge in [0.2, 0.25) is 0 Å². The first-order valence-corrected chi connectivity index (χ1v) is 4.27. The van der Waals surface area contributed by atoms with E-state index in [-0.39, 0.29) is 4.87 Å². The van der Waals surface area contributed by atoms with E-state index in [2.05, 4.69) is 27.9 Å². The van der Waals surface area contributed by atoms with Gasteiger partial charge >= 0.3 is 0 Å². The first-order chi connectivity index (χ1) is 4.42. The molecule has 0 aromatic rings. The van der Waals surface area contributed by atoms with Crippen LogP contribution in [0.5, 0.6) is 0 Å². The SMILES string of the molecule is C[NH+](C)CCCC(C)(C)Cl. The Morgan fingerprint density at radius 1 is 1.30 bits per heavy atom. The number of quaternary nitrogens is 1. The fourth-order valence-electron chi connectivity index (χ4n) is 0.862. The molecule has 0 amide bonds. The molecule has 0 spiro atoms. The zero-order valence-electron chi connectivity index (χ0n) is 7.50. The normalized spacial score (nSPS) is 12.6. The van der Waals surface area contributed by atoms with Crippen molar-refractivity contribution < 1.29 is 4.90 Å². The summed E-state index contributed by atoms with van der Waals surface area (Å²) in [7, 11) is 4.34. The molecule has 0 fully saturated rings. The molecule has 0 atom stereocenters. The van der Waals surface area contributed by atoms with Crippen LogP contribution in [0.15, 0.2) is 0 Å². The smallest absolute Gasteiger partial charge is 0.0767 e. The maximum atomic E-state index is 6.01. The molecule has 10 heavy (non-hydrogen) atoms. The molecule has 0 heterocycles. The summed E-state index contributed by atoms with van der Waals surface area (Å²) in [4.78, 5) is 1.50. The molecule has 0 aromatic carbocycles. The van der Waals surface area contributed by atoms with E-state index in [0.717, 1.165) is 6.42 Å². The van der Waals surface area contributed by atoms with E-state index < -0.39 is 0 Å². The van der Waals surface area contributed by atoms with Crippen molar-refractivity contribution in [1.29, 1.82) is 0 Å². The van der Waals surface area contributed by atoms with E-state index in [1.807, 2.05) is 0 Å². The third-order valence-corrected chi connectivity index (χ3v) is 1.64. The Bertz CT molecular complexity index is 83.7. The maximum absolute atomic E-state index is 6.01. The van der Waals surface area contributed by atoms with Gasteiger partial charge in [0.05, 0.1) is 20.6 Å². The summed E-state index contributed by atoms with van der Waals surface area (Å²) in [6.45, 7) is 5.36. The topological polar surface area (TPSA) is 4.44 Å². The van der Waals surface area contributed by atoms with Crippen LogP contribution in [0, 0.1) is 0 Å². The van der Waals surface area contributed by atoms with E-state index in [1.54, 1.807) is 0 Å². The molecular formula is C8H19ClN+. The molecule has 0 aromatic heterocycles. The standard InChI is InChI=1S/C8H18ClN/c1-8(2,9)6-5-7-10(3)4/h5-7H2,1-4H3/p+1. The van der Waals surface area contributed by atoms with Gasteiger partial charge in [-0.2, -0.15) is 0 Å². The van der Waals surface area contributed by atoms with Crippen LogP contribution in [0.4, 0.5) is 0 Å². The second-order valence-corrected chi connectivity index (χ2v) is 4.80. The van der Waals surface area contributed by atoms with Crippen molar-refractivity contribution in [2.75, 3.05) is 20.6 Å². The van der Waals surface area contributed by atoms with Crippen LogP contribution < -0.4 is 4.90 Å². The van der Waals surface area contributed by atoms with Crippen LogP contribution >= 0.6 is 11.6 Å². The van der Waals surface area contributed by atoms with E-state index in [0.29, 0.717) is 0 Å². The third kappa shape index (κ3) is 8.25. The summed E-state index contributed by atoms with van der Waals surface area (Å²) in [5.41, 5.74) is 0. The van der Waals surface area contributed by atoms with Gasteiger partial charge in [-0.3, -0.25) is 0 Å². The van der Waals surface area contributed by atoms with Crippen molar-refractivity contribution in [3.8, 4) is 0 Å². The monoisotopic (exact) mass is 164 g/mol. The van der Waals surface area contributed by atoms with E-state index in [1.165, 1.54) is 17.9 Å². The second kappa shape index (κ2) is 4.20. The number of hydrogen-bond acceptors (Lipinski definition) is 0. The van der Waals surface area contributed by atoms with Crippen molar-refractivity contribution in [2.45, 2.75) is 31.6 Å². The van der Waals surface area contributed by atoms with Gasteiger partial charge in [0.15, 0.2) is 0 Å². The summed E-state index contributed by atoms with van der Waals surface area (Å²) < 4.78 is 0. The molecule has 0 saturated carbocycles. The fraction of sp³-hybridized carbons (Fsp3) is 1.00. The minimum Gasteiger partial charge on any atom is -0.340 e. The van der Waals surface area contributed by atoms with Crippen molar-refractivity contribution in [1.82, 2.24) is 0 Å². The zero-order chi connectivity index (χ0) is 8.20. The number of rotatable bonds is 4. The summed E-state index contributed by atoms with van der Waals surface area (Å²) in [5, 5.41) is 0. The molecule has 0 radical (unpaired) electrons. The van der Waals surface area contributed by atoms with Crippen LogP contribution in [0.3, 0.4) is 0 Å². The van der Waals surface area contributed by atoms with Gasteiger partial charge in [0.1, 0.15) is 0 Å². The molecular weight excluding hydrogens is 146 g/mol. The molecule has 0 aliphatic rings. The highest BCUT2D eigenvalue weighted by Crippen LogP contribution is 2.18. The summed E-state index contributed by atoms with van der Waals surface area (Å²) >= 11 is 6.01. The average Bonchev–Trinajstić information content (AvgIpc) is 1.59. The number of alkyl halides is 1. The lowest BCUT2D eigenvalue weighted by molar-refractivity contribution is -0.858. The van der Waals surface area contributed by atoms with Gasteiger partial charge in [0.25, 0.3) is 0 Å². The first kappa shape index (κ1) is 10.2. The van der Waals surface area contributed by atoms with Crippen molar-refractivity contribution in [3.05, 3.63) is 0 Å². The molecule has 2 heteroatoms. The van der Waals surface area contributed by atoms with E-state index in [9.17, 15) is 0 Å². The highest BCUT2D eigenvalue weighted by molar-refractivity contribution is 6.23. The maximum Gasteiger partial charge on any atom is 0.0767 e. The Morgan fingerprint density at radius 3 is 2.10 bits per heavy atom. The Balaban J connectivity index is 3.21. The molecule has 62 valence electrons. The lowest BCUT2D eigenvalue weighted by Crippen LogP contribution is -3.05. The zero-order valence-corrected chi connectivity index (χ0v) is 8.26. The minimum atomic E-state index is -0.00451. The van der Waals surface area contributed by atoms with Crippen molar-refractivity contribution in [2.24, 2.45) is 0 Å². The van der Waals surface area contributed by atoms with Crippen LogP contribution in [0.2, 0.25) is 0 Å². The Hall–Kier alpha value is 0.250. The third-order valence-electron chi connectivity index (χ3n) is 1.45. The molecule has 0 aliphatic carbocycles. The van der Waals surface area contributed by atoms with Gasteiger partial charge < -0.3 is 4.90 Å². The molecule has 0 rings (SSSR count). The Labute approximate surface area is 69.4 Å². The summed E-state index contributed by atoms with van der Waals surface area (Å²) in [5.74, 6) is 0. The fourth-order valence-corrected chi connectivity index (χ4v) is 0.996. The predicted octanol–water partition coefficient (Wildman–Crippen LogP) is 0.928. The molecule has 0 bridgehead atoms. The average molecular weight is 165 g/mol. The minimum absolute atomic E-state index is 0.00451. The van der Waals surface area contributed by atoms with Gasteiger partial charge in [-0.25, -0.2) is 0 Å². The molecule has 0 unspecified atom stereocenters. The van der Waals surface area contributed by atoms with Crippen LogP contribution in [-0.2, 0) is 0 Å². The summed E-state index contributed by atoms with van der Waals surface area (Å²) in [6.07, 6.45) is 2.33.